The van der Waals surface area contributed by atoms with Crippen molar-refractivity contribution in [2.45, 2.75) is 58.8 Å². The van der Waals surface area contributed by atoms with Gasteiger partial charge in [0.05, 0.1) is 0 Å². The van der Waals surface area contributed by atoms with Crippen molar-refractivity contribution in [2.75, 3.05) is 0 Å². The second kappa shape index (κ2) is 9.98. The van der Waals surface area contributed by atoms with E-state index in [-0.39, 0.29) is 0 Å². The van der Waals surface area contributed by atoms with Crippen molar-refractivity contribution in [3.63, 3.8) is 0 Å². The summed E-state index contributed by atoms with van der Waals surface area (Å²) in [5, 5.41) is 0. The van der Waals surface area contributed by atoms with E-state index in [4.69, 9.17) is 4.74 Å². The van der Waals surface area contributed by atoms with Crippen LogP contribution < -0.4 is 4.74 Å². The van der Waals surface area contributed by atoms with Gasteiger partial charge in [0.1, 0.15) is 11.5 Å². The molecule has 0 fully saturated rings. The lowest BCUT2D eigenvalue weighted by molar-refractivity contribution is 0.329. The molecule has 0 spiro atoms. The van der Waals surface area contributed by atoms with E-state index in [2.05, 4.69) is 86.7 Å². The Morgan fingerprint density at radius 2 is 1.57 bits per heavy atom. The van der Waals surface area contributed by atoms with E-state index in [1.54, 1.807) is 0 Å². The molecule has 0 saturated heterocycles. The van der Waals surface area contributed by atoms with Crippen LogP contribution in [-0.2, 0) is 6.42 Å². The Hall–Kier alpha value is -2.54. The van der Waals surface area contributed by atoms with Crippen LogP contribution in [0, 0.1) is 25.7 Å². The average molecular weight is 399 g/mol. The summed E-state index contributed by atoms with van der Waals surface area (Å²) in [6.45, 7) is 4.25. The van der Waals surface area contributed by atoms with E-state index in [1.807, 2.05) is 0 Å². The number of benzene rings is 2. The molecule has 0 amide bonds. The van der Waals surface area contributed by atoms with Crippen molar-refractivity contribution >= 4 is 0 Å². The minimum Gasteiger partial charge on any atom is -0.462 e. The van der Waals surface area contributed by atoms with Crippen molar-refractivity contribution in [3.8, 4) is 5.75 Å². The summed E-state index contributed by atoms with van der Waals surface area (Å²) >= 11 is 0. The lowest BCUT2D eigenvalue weighted by atomic mass is 9.84. The molecule has 0 heterocycles. The molecule has 30 heavy (non-hydrogen) atoms. The van der Waals surface area contributed by atoms with Crippen LogP contribution in [0.15, 0.2) is 84.2 Å². The van der Waals surface area contributed by atoms with Crippen LogP contribution in [0.3, 0.4) is 0 Å². The molecule has 2 aliphatic carbocycles. The minimum atomic E-state index is 0.709. The number of allylic oxidation sites excluding steroid dienone is 6. The first-order chi connectivity index (χ1) is 14.6. The highest BCUT2D eigenvalue weighted by Gasteiger charge is 2.18. The number of hydrogen-bond donors (Lipinski definition) is 0. The maximum absolute atomic E-state index is 6.06. The van der Waals surface area contributed by atoms with E-state index >= 15 is 0 Å². The first-order valence-corrected chi connectivity index (χ1v) is 11.5. The zero-order valence-electron chi connectivity index (χ0n) is 18.4. The van der Waals surface area contributed by atoms with Gasteiger partial charge in [-0.2, -0.15) is 0 Å². The number of rotatable bonds is 7. The number of hydrogen-bond acceptors (Lipinski definition) is 1. The number of aryl methyl sites for hydroxylation is 2. The summed E-state index contributed by atoms with van der Waals surface area (Å²) in [5.74, 6) is 3.63. The molecule has 2 aliphatic rings. The normalized spacial score (nSPS) is 21.1. The second-order valence-corrected chi connectivity index (χ2v) is 9.10. The van der Waals surface area contributed by atoms with Gasteiger partial charge in [-0.05, 0) is 93.6 Å². The summed E-state index contributed by atoms with van der Waals surface area (Å²) < 4.78 is 6.06. The molecule has 2 atom stereocenters. The zero-order chi connectivity index (χ0) is 20.8. The van der Waals surface area contributed by atoms with Crippen LogP contribution in [0.5, 0.6) is 5.75 Å². The highest BCUT2D eigenvalue weighted by molar-refractivity contribution is 5.32. The van der Waals surface area contributed by atoms with Gasteiger partial charge in [0.15, 0.2) is 0 Å². The summed E-state index contributed by atoms with van der Waals surface area (Å²) in [7, 11) is 0. The Morgan fingerprint density at radius 3 is 2.20 bits per heavy atom. The molecule has 0 aromatic heterocycles. The molecule has 2 aromatic rings. The third-order valence-corrected chi connectivity index (χ3v) is 6.49. The molecule has 1 nitrogen and oxygen atoms in total. The summed E-state index contributed by atoms with van der Waals surface area (Å²) in [6, 6.07) is 17.3. The van der Waals surface area contributed by atoms with Crippen LogP contribution in [-0.4, -0.2) is 0 Å². The van der Waals surface area contributed by atoms with Crippen molar-refractivity contribution in [3.05, 3.63) is 101 Å². The highest BCUT2D eigenvalue weighted by Crippen LogP contribution is 2.32. The van der Waals surface area contributed by atoms with Gasteiger partial charge < -0.3 is 4.74 Å². The van der Waals surface area contributed by atoms with E-state index in [0.29, 0.717) is 5.92 Å². The van der Waals surface area contributed by atoms with Gasteiger partial charge in [-0.1, -0.05) is 65.8 Å². The van der Waals surface area contributed by atoms with E-state index < -0.39 is 0 Å². The van der Waals surface area contributed by atoms with Crippen molar-refractivity contribution in [1.29, 1.82) is 0 Å². The van der Waals surface area contributed by atoms with Crippen LogP contribution in [0.2, 0.25) is 0 Å². The van der Waals surface area contributed by atoms with Crippen LogP contribution in [0.25, 0.3) is 0 Å². The van der Waals surface area contributed by atoms with Gasteiger partial charge in [-0.25, -0.2) is 0 Å². The molecule has 0 radical (unpaired) electrons. The Morgan fingerprint density at radius 1 is 0.833 bits per heavy atom. The summed E-state index contributed by atoms with van der Waals surface area (Å²) in [6.07, 6.45) is 18.0. The minimum absolute atomic E-state index is 0.709. The predicted octanol–water partition coefficient (Wildman–Crippen LogP) is 7.89. The Bertz CT molecular complexity index is 912. The van der Waals surface area contributed by atoms with Crippen LogP contribution >= 0.6 is 0 Å². The first kappa shape index (κ1) is 20.7. The third-order valence-electron chi connectivity index (χ3n) is 6.49. The lowest BCUT2D eigenvalue weighted by Gasteiger charge is -2.24. The molecular formula is C29H34O. The molecule has 2 aromatic carbocycles. The zero-order valence-corrected chi connectivity index (χ0v) is 18.4. The topological polar surface area (TPSA) is 9.23 Å². The van der Waals surface area contributed by atoms with Gasteiger partial charge in [0.2, 0.25) is 0 Å². The smallest absolute Gasteiger partial charge is 0.126 e. The molecule has 0 bridgehead atoms. The molecule has 2 unspecified atom stereocenters. The molecule has 0 saturated carbocycles. The molecule has 1 heteroatoms. The molecule has 4 rings (SSSR count). The molecular weight excluding hydrogens is 364 g/mol. The Labute approximate surface area is 182 Å². The monoisotopic (exact) mass is 398 g/mol. The van der Waals surface area contributed by atoms with Crippen molar-refractivity contribution in [1.82, 2.24) is 0 Å². The second-order valence-electron chi connectivity index (χ2n) is 9.10. The van der Waals surface area contributed by atoms with Gasteiger partial charge in [0.25, 0.3) is 0 Å². The molecule has 0 N–H and O–H groups in total. The first-order valence-electron chi connectivity index (χ1n) is 11.5. The van der Waals surface area contributed by atoms with E-state index in [1.165, 1.54) is 47.9 Å². The maximum Gasteiger partial charge on any atom is 0.126 e. The maximum atomic E-state index is 6.06. The fraction of sp³-hybridized carbons (Fsp3) is 0.379. The Balaban J connectivity index is 1.18. The SMILES string of the molecule is Cc1ccc(CC2=CCC(CCC3CC=C(Oc4ccc(C)cc4)CC3)C=C2)cc1. The van der Waals surface area contributed by atoms with Gasteiger partial charge in [-0.15, -0.1) is 0 Å². The van der Waals surface area contributed by atoms with E-state index in [0.717, 1.165) is 36.7 Å². The van der Waals surface area contributed by atoms with Gasteiger partial charge >= 0.3 is 0 Å². The van der Waals surface area contributed by atoms with Crippen LogP contribution in [0.4, 0.5) is 0 Å². The summed E-state index contributed by atoms with van der Waals surface area (Å²) in [4.78, 5) is 0. The fourth-order valence-electron chi connectivity index (χ4n) is 4.42. The lowest BCUT2D eigenvalue weighted by Crippen LogP contribution is -2.11. The summed E-state index contributed by atoms with van der Waals surface area (Å²) in [5.41, 5.74) is 5.48. The largest absolute Gasteiger partial charge is 0.462 e. The highest BCUT2D eigenvalue weighted by atomic mass is 16.5. The number of ether oxygens (including phenoxy) is 1. The standard InChI is InChI=1S/C29H34O/c1-22-3-7-26(8-4-22)21-27-13-11-24(12-14-27)9-10-25-15-19-29(20-16-25)30-28-17-5-23(2)6-18-28/h3-8,11,13-14,17-19,24-25H,9-10,12,15-16,20-21H2,1-2H3. The fourth-order valence-corrected chi connectivity index (χ4v) is 4.42. The van der Waals surface area contributed by atoms with E-state index in [9.17, 15) is 0 Å². The van der Waals surface area contributed by atoms with Gasteiger partial charge in [-0.3, -0.25) is 0 Å². The van der Waals surface area contributed by atoms with Crippen LogP contribution in [0.1, 0.15) is 55.2 Å². The van der Waals surface area contributed by atoms with Gasteiger partial charge in [0, 0.05) is 6.42 Å². The third kappa shape index (κ3) is 5.98. The Kier molecular flexibility index (Phi) is 6.89. The molecule has 0 aliphatic heterocycles. The molecule has 156 valence electrons. The average Bonchev–Trinajstić information content (AvgIpc) is 2.77. The quantitative estimate of drug-likeness (QED) is 0.461. The van der Waals surface area contributed by atoms with Crippen molar-refractivity contribution in [2.24, 2.45) is 11.8 Å². The predicted molar refractivity (Wildman–Crippen MR) is 127 cm³/mol. The van der Waals surface area contributed by atoms with Crippen molar-refractivity contribution < 1.29 is 4.74 Å².